The third kappa shape index (κ3) is 5.30. The lowest BCUT2D eigenvalue weighted by atomic mass is 10.1. The molecular formula is C23H25N5O4. The van der Waals surface area contributed by atoms with Crippen molar-refractivity contribution in [3.63, 3.8) is 0 Å². The smallest absolute Gasteiger partial charge is 0.233 e. The average molecular weight is 435 g/mol. The van der Waals surface area contributed by atoms with Crippen LogP contribution in [0.25, 0.3) is 11.0 Å². The first-order valence-corrected chi connectivity index (χ1v) is 10.4. The van der Waals surface area contributed by atoms with Crippen molar-refractivity contribution in [1.82, 2.24) is 25.0 Å². The molecule has 9 nitrogen and oxygen atoms in total. The van der Waals surface area contributed by atoms with Crippen LogP contribution in [0.1, 0.15) is 16.7 Å². The fourth-order valence-corrected chi connectivity index (χ4v) is 3.55. The number of ether oxygens (including phenoxy) is 1. The SMILES string of the molecule is O=CN(O)C(CO)Cn1nnc2cc(C#Cc3ccc(CN4CCOCC4)cc3)ccc21. The normalized spacial score (nSPS) is 15.2. The minimum atomic E-state index is -0.803. The molecule has 2 aromatic carbocycles. The van der Waals surface area contributed by atoms with Crippen molar-refractivity contribution in [3.8, 4) is 11.8 Å². The van der Waals surface area contributed by atoms with Gasteiger partial charge in [-0.05, 0) is 35.9 Å². The molecule has 1 saturated heterocycles. The van der Waals surface area contributed by atoms with Gasteiger partial charge in [0, 0.05) is 30.8 Å². The van der Waals surface area contributed by atoms with E-state index in [1.165, 1.54) is 10.2 Å². The van der Waals surface area contributed by atoms with Crippen LogP contribution in [-0.4, -0.2) is 80.6 Å². The van der Waals surface area contributed by atoms with Crippen LogP contribution in [0.15, 0.2) is 42.5 Å². The summed E-state index contributed by atoms with van der Waals surface area (Å²) < 4.78 is 6.93. The number of fused-ring (bicyclic) bond motifs is 1. The Morgan fingerprint density at radius 1 is 1.12 bits per heavy atom. The first-order valence-electron chi connectivity index (χ1n) is 10.4. The number of nitrogens with zero attached hydrogens (tertiary/aromatic N) is 5. The number of aliphatic hydroxyl groups excluding tert-OH is 1. The van der Waals surface area contributed by atoms with Gasteiger partial charge in [-0.1, -0.05) is 29.2 Å². The molecule has 1 aliphatic rings. The summed E-state index contributed by atoms with van der Waals surface area (Å²) >= 11 is 0. The Morgan fingerprint density at radius 3 is 2.56 bits per heavy atom. The van der Waals surface area contributed by atoms with Gasteiger partial charge in [0.15, 0.2) is 0 Å². The molecule has 32 heavy (non-hydrogen) atoms. The summed E-state index contributed by atoms with van der Waals surface area (Å²) in [6.07, 6.45) is 0.253. The number of rotatable bonds is 7. The highest BCUT2D eigenvalue weighted by Crippen LogP contribution is 2.15. The van der Waals surface area contributed by atoms with E-state index in [1.807, 2.05) is 30.3 Å². The zero-order chi connectivity index (χ0) is 22.3. The molecular weight excluding hydrogens is 410 g/mol. The Bertz CT molecular complexity index is 1110. The molecule has 4 rings (SSSR count). The van der Waals surface area contributed by atoms with Gasteiger partial charge in [0.2, 0.25) is 6.41 Å². The van der Waals surface area contributed by atoms with Gasteiger partial charge in [0.1, 0.15) is 11.6 Å². The second-order valence-corrected chi connectivity index (χ2v) is 7.63. The third-order valence-electron chi connectivity index (χ3n) is 5.41. The Kier molecular flexibility index (Phi) is 7.09. The molecule has 1 aliphatic heterocycles. The van der Waals surface area contributed by atoms with Crippen LogP contribution in [0.4, 0.5) is 0 Å². The van der Waals surface area contributed by atoms with E-state index in [1.54, 1.807) is 0 Å². The number of hydrogen-bond donors (Lipinski definition) is 2. The highest BCUT2D eigenvalue weighted by Gasteiger charge is 2.17. The summed E-state index contributed by atoms with van der Waals surface area (Å²) in [4.78, 5) is 13.1. The van der Waals surface area contributed by atoms with Crippen molar-refractivity contribution >= 4 is 17.4 Å². The first kappa shape index (κ1) is 21.9. The molecule has 1 fully saturated rings. The van der Waals surface area contributed by atoms with Crippen molar-refractivity contribution in [2.45, 2.75) is 19.1 Å². The van der Waals surface area contributed by atoms with E-state index in [-0.39, 0.29) is 13.0 Å². The van der Waals surface area contributed by atoms with Crippen LogP contribution in [0.3, 0.4) is 0 Å². The molecule has 3 aromatic rings. The van der Waals surface area contributed by atoms with Gasteiger partial charge < -0.3 is 9.84 Å². The summed E-state index contributed by atoms with van der Waals surface area (Å²) in [6.45, 7) is 4.15. The molecule has 0 saturated carbocycles. The molecule has 0 bridgehead atoms. The molecule has 1 aromatic heterocycles. The number of aliphatic hydroxyl groups is 1. The van der Waals surface area contributed by atoms with Gasteiger partial charge in [-0.2, -0.15) is 0 Å². The number of carbonyl (C=O) groups excluding carboxylic acids is 1. The van der Waals surface area contributed by atoms with Gasteiger partial charge >= 0.3 is 0 Å². The quantitative estimate of drug-likeness (QED) is 0.246. The maximum absolute atomic E-state index is 10.7. The Hall–Kier alpha value is -3.29. The van der Waals surface area contributed by atoms with Crippen molar-refractivity contribution < 1.29 is 19.8 Å². The Morgan fingerprint density at radius 2 is 1.84 bits per heavy atom. The van der Waals surface area contributed by atoms with Crippen molar-refractivity contribution in [3.05, 3.63) is 59.2 Å². The second-order valence-electron chi connectivity index (χ2n) is 7.63. The van der Waals surface area contributed by atoms with E-state index >= 15 is 0 Å². The van der Waals surface area contributed by atoms with E-state index in [0.717, 1.165) is 49.5 Å². The minimum absolute atomic E-state index is 0.115. The Balaban J connectivity index is 1.43. The topological polar surface area (TPSA) is 104 Å². The minimum Gasteiger partial charge on any atom is -0.394 e. The summed E-state index contributed by atoms with van der Waals surface area (Å²) in [5.41, 5.74) is 4.36. The molecule has 0 spiro atoms. The fraction of sp³-hybridized carbons (Fsp3) is 0.348. The van der Waals surface area contributed by atoms with Crippen molar-refractivity contribution in [1.29, 1.82) is 0 Å². The lowest BCUT2D eigenvalue weighted by molar-refractivity contribution is -0.165. The number of morpholine rings is 1. The number of amides is 1. The lowest BCUT2D eigenvalue weighted by Crippen LogP contribution is -2.38. The van der Waals surface area contributed by atoms with Crippen LogP contribution in [0.2, 0.25) is 0 Å². The maximum Gasteiger partial charge on any atom is 0.233 e. The number of benzene rings is 2. The van der Waals surface area contributed by atoms with E-state index < -0.39 is 12.6 Å². The number of hydroxylamine groups is 2. The first-order chi connectivity index (χ1) is 15.7. The molecule has 9 heteroatoms. The van der Waals surface area contributed by atoms with Crippen LogP contribution in [-0.2, 0) is 22.6 Å². The van der Waals surface area contributed by atoms with Crippen molar-refractivity contribution in [2.75, 3.05) is 32.9 Å². The van der Waals surface area contributed by atoms with Crippen LogP contribution in [0.5, 0.6) is 0 Å². The predicted molar refractivity (Wildman–Crippen MR) is 117 cm³/mol. The molecule has 0 radical (unpaired) electrons. The van der Waals surface area contributed by atoms with E-state index in [2.05, 4.69) is 39.2 Å². The molecule has 1 unspecified atom stereocenters. The van der Waals surface area contributed by atoms with Crippen LogP contribution >= 0.6 is 0 Å². The maximum atomic E-state index is 10.7. The summed E-state index contributed by atoms with van der Waals surface area (Å²) in [6, 6.07) is 13.0. The standard InChI is InChI=1S/C23H25N5O4/c29-16-21(28(31)17-30)15-27-23-8-7-19(13-22(23)24-25-27)4-1-18-2-5-20(6-3-18)14-26-9-11-32-12-10-26/h2-3,5-8,13,17,21,29,31H,9-12,14-16H2. The van der Waals surface area contributed by atoms with Crippen LogP contribution in [0, 0.1) is 11.8 Å². The molecule has 1 amide bonds. The van der Waals surface area contributed by atoms with Crippen molar-refractivity contribution in [2.24, 2.45) is 0 Å². The third-order valence-corrected chi connectivity index (χ3v) is 5.41. The largest absolute Gasteiger partial charge is 0.394 e. The summed E-state index contributed by atoms with van der Waals surface area (Å²) in [7, 11) is 0. The second kappa shape index (κ2) is 10.3. The number of hydrogen-bond acceptors (Lipinski definition) is 7. The van der Waals surface area contributed by atoms with Gasteiger partial charge in [0.05, 0.1) is 31.9 Å². The number of carbonyl (C=O) groups is 1. The Labute approximate surface area is 185 Å². The fourth-order valence-electron chi connectivity index (χ4n) is 3.55. The summed E-state index contributed by atoms with van der Waals surface area (Å²) in [5.74, 6) is 6.33. The molecule has 0 aliphatic carbocycles. The van der Waals surface area contributed by atoms with E-state index in [4.69, 9.17) is 4.74 Å². The summed E-state index contributed by atoms with van der Waals surface area (Å²) in [5, 5.41) is 27.5. The van der Waals surface area contributed by atoms with Gasteiger partial charge in [0.25, 0.3) is 0 Å². The highest BCUT2D eigenvalue weighted by atomic mass is 16.5. The van der Waals surface area contributed by atoms with E-state index in [9.17, 15) is 15.1 Å². The zero-order valence-corrected chi connectivity index (χ0v) is 17.6. The molecule has 2 heterocycles. The lowest BCUT2D eigenvalue weighted by Gasteiger charge is -2.26. The molecule has 1 atom stereocenters. The average Bonchev–Trinajstić information content (AvgIpc) is 3.24. The monoisotopic (exact) mass is 435 g/mol. The predicted octanol–water partition coefficient (Wildman–Crippen LogP) is 0.872. The van der Waals surface area contributed by atoms with E-state index in [0.29, 0.717) is 10.6 Å². The van der Waals surface area contributed by atoms with Gasteiger partial charge in [-0.25, -0.2) is 9.75 Å². The van der Waals surface area contributed by atoms with Crippen LogP contribution < -0.4 is 0 Å². The molecule has 2 N–H and O–H groups in total. The number of aromatic nitrogens is 3. The van der Waals surface area contributed by atoms with Gasteiger partial charge in [-0.15, -0.1) is 5.10 Å². The molecule has 166 valence electrons. The zero-order valence-electron chi connectivity index (χ0n) is 17.6. The highest BCUT2D eigenvalue weighted by molar-refractivity contribution is 5.76. The van der Waals surface area contributed by atoms with Gasteiger partial charge in [-0.3, -0.25) is 14.9 Å².